The van der Waals surface area contributed by atoms with E-state index in [4.69, 9.17) is 9.47 Å². The summed E-state index contributed by atoms with van der Waals surface area (Å²) in [5.41, 5.74) is -0.199. The molecule has 4 rings (SSSR count). The number of fused-ring (bicyclic) bond motifs is 1. The molecule has 10 nitrogen and oxygen atoms in total. The molecule has 1 N–H and O–H groups in total. The molecule has 0 radical (unpaired) electrons. The van der Waals surface area contributed by atoms with E-state index in [9.17, 15) is 19.2 Å². The van der Waals surface area contributed by atoms with Crippen molar-refractivity contribution in [2.75, 3.05) is 39.4 Å². The van der Waals surface area contributed by atoms with Crippen molar-refractivity contribution < 1.29 is 19.1 Å². The number of amides is 2. The molecule has 0 unspecified atom stereocenters. The second kappa shape index (κ2) is 8.93. The van der Waals surface area contributed by atoms with Crippen LogP contribution < -0.4 is 11.2 Å². The Morgan fingerprint density at radius 1 is 1.16 bits per heavy atom. The number of nitrogens with one attached hydrogen (secondary N) is 1. The van der Waals surface area contributed by atoms with Crippen LogP contribution in [0.25, 0.3) is 10.9 Å². The lowest BCUT2D eigenvalue weighted by molar-refractivity contribution is 0.0570. The van der Waals surface area contributed by atoms with Crippen LogP contribution in [0.3, 0.4) is 0 Å². The number of aromatic amines is 1. The molecule has 1 aromatic carbocycles. The molecule has 2 saturated heterocycles. The number of carbonyl (C=O) groups is 2. The van der Waals surface area contributed by atoms with E-state index in [-0.39, 0.29) is 24.6 Å². The molecule has 2 aliphatic heterocycles. The molecule has 3 heterocycles. The van der Waals surface area contributed by atoms with Gasteiger partial charge in [0.25, 0.3) is 11.5 Å². The molecule has 2 fully saturated rings. The monoisotopic (exact) mass is 430 g/mol. The molecular formula is C21H26N4O6. The standard InChI is InChI=1S/C21H26N4O6/c1-2-30-21(29)24-9-7-23(8-10-24)18(26)14-5-6-16-17(12-14)22-20(28)25(19(16)27)13-15-4-3-11-31-15/h5-6,12,15H,2-4,7-11,13H2,1H3,(H,22,28)/t15-/m1/s1. The van der Waals surface area contributed by atoms with Crippen molar-refractivity contribution in [2.24, 2.45) is 0 Å². The Bertz CT molecular complexity index is 1090. The number of carbonyl (C=O) groups excluding carboxylic acids is 2. The lowest BCUT2D eigenvalue weighted by Gasteiger charge is -2.34. The lowest BCUT2D eigenvalue weighted by Crippen LogP contribution is -2.50. The summed E-state index contributed by atoms with van der Waals surface area (Å²) in [6.45, 7) is 4.47. The maximum absolute atomic E-state index is 12.9. The van der Waals surface area contributed by atoms with Crippen LogP contribution in [-0.4, -0.2) is 76.8 Å². The third kappa shape index (κ3) is 4.34. The highest BCUT2D eigenvalue weighted by Gasteiger charge is 2.26. The highest BCUT2D eigenvalue weighted by molar-refractivity contribution is 5.97. The Labute approximate surface area is 178 Å². The minimum Gasteiger partial charge on any atom is -0.450 e. The number of rotatable bonds is 4. The van der Waals surface area contributed by atoms with Crippen molar-refractivity contribution in [2.45, 2.75) is 32.4 Å². The maximum atomic E-state index is 12.9. The molecular weight excluding hydrogens is 404 g/mol. The lowest BCUT2D eigenvalue weighted by atomic mass is 10.1. The molecule has 1 aromatic heterocycles. The van der Waals surface area contributed by atoms with Gasteiger partial charge in [-0.15, -0.1) is 0 Å². The second-order valence-corrected chi connectivity index (χ2v) is 7.72. The number of nitrogens with zero attached hydrogens (tertiary/aromatic N) is 3. The molecule has 2 aliphatic rings. The third-order valence-electron chi connectivity index (χ3n) is 5.73. The van der Waals surface area contributed by atoms with Crippen molar-refractivity contribution in [3.8, 4) is 0 Å². The zero-order valence-corrected chi connectivity index (χ0v) is 17.5. The van der Waals surface area contributed by atoms with E-state index in [1.165, 1.54) is 6.07 Å². The first-order valence-corrected chi connectivity index (χ1v) is 10.6. The molecule has 0 aliphatic carbocycles. The van der Waals surface area contributed by atoms with E-state index in [0.29, 0.717) is 55.9 Å². The van der Waals surface area contributed by atoms with Gasteiger partial charge in [-0.05, 0) is 38.0 Å². The van der Waals surface area contributed by atoms with Crippen LogP contribution >= 0.6 is 0 Å². The molecule has 2 aromatic rings. The van der Waals surface area contributed by atoms with E-state index >= 15 is 0 Å². The van der Waals surface area contributed by atoms with Crippen LogP contribution in [-0.2, 0) is 16.0 Å². The number of H-pyrrole nitrogens is 1. The first kappa shape index (κ1) is 21.1. The Balaban J connectivity index is 1.51. The summed E-state index contributed by atoms with van der Waals surface area (Å²) in [4.78, 5) is 56.0. The molecule has 31 heavy (non-hydrogen) atoms. The number of piperazine rings is 1. The highest BCUT2D eigenvalue weighted by atomic mass is 16.6. The molecule has 0 saturated carbocycles. The first-order chi connectivity index (χ1) is 15.0. The zero-order chi connectivity index (χ0) is 22.0. The minimum atomic E-state index is -0.513. The Morgan fingerprint density at radius 3 is 2.58 bits per heavy atom. The van der Waals surface area contributed by atoms with Gasteiger partial charge in [0.2, 0.25) is 0 Å². The zero-order valence-electron chi connectivity index (χ0n) is 17.5. The van der Waals surface area contributed by atoms with Gasteiger partial charge in [-0.3, -0.25) is 14.2 Å². The first-order valence-electron chi connectivity index (χ1n) is 10.6. The van der Waals surface area contributed by atoms with Gasteiger partial charge in [0.05, 0.1) is 30.2 Å². The number of benzene rings is 1. The summed E-state index contributed by atoms with van der Waals surface area (Å²) in [5, 5.41) is 0.348. The fraction of sp³-hybridized carbons (Fsp3) is 0.524. The Morgan fingerprint density at radius 2 is 1.90 bits per heavy atom. The van der Waals surface area contributed by atoms with E-state index in [1.54, 1.807) is 28.9 Å². The van der Waals surface area contributed by atoms with Gasteiger partial charge in [0, 0.05) is 38.3 Å². The summed E-state index contributed by atoms with van der Waals surface area (Å²) in [5.74, 6) is -0.213. The normalized spacial score (nSPS) is 19.1. The predicted molar refractivity (Wildman–Crippen MR) is 112 cm³/mol. The molecule has 2 amide bonds. The Kier molecular flexibility index (Phi) is 6.08. The summed E-state index contributed by atoms with van der Waals surface area (Å²) < 4.78 is 11.7. The van der Waals surface area contributed by atoms with Crippen LogP contribution in [0.4, 0.5) is 4.79 Å². The van der Waals surface area contributed by atoms with Crippen molar-refractivity contribution in [1.29, 1.82) is 0 Å². The van der Waals surface area contributed by atoms with Crippen molar-refractivity contribution in [1.82, 2.24) is 19.4 Å². The van der Waals surface area contributed by atoms with E-state index in [0.717, 1.165) is 17.4 Å². The Hall–Kier alpha value is -3.14. The van der Waals surface area contributed by atoms with Gasteiger partial charge in [-0.1, -0.05) is 0 Å². The fourth-order valence-electron chi connectivity index (χ4n) is 4.03. The SMILES string of the molecule is CCOC(=O)N1CCN(C(=O)c2ccc3c(=O)n(C[C@H]4CCCO4)c(=O)[nH]c3c2)CC1. The maximum Gasteiger partial charge on any atom is 0.409 e. The molecule has 10 heteroatoms. The molecule has 1 atom stereocenters. The smallest absolute Gasteiger partial charge is 0.409 e. The van der Waals surface area contributed by atoms with Crippen molar-refractivity contribution in [3.05, 3.63) is 44.6 Å². The van der Waals surface area contributed by atoms with Crippen LogP contribution in [0.15, 0.2) is 27.8 Å². The van der Waals surface area contributed by atoms with Gasteiger partial charge in [0.1, 0.15) is 0 Å². The topological polar surface area (TPSA) is 114 Å². The largest absolute Gasteiger partial charge is 0.450 e. The van der Waals surface area contributed by atoms with Crippen LogP contribution in [0, 0.1) is 0 Å². The second-order valence-electron chi connectivity index (χ2n) is 7.72. The van der Waals surface area contributed by atoms with E-state index in [2.05, 4.69) is 4.98 Å². The van der Waals surface area contributed by atoms with Gasteiger partial charge < -0.3 is 24.3 Å². The van der Waals surface area contributed by atoms with E-state index < -0.39 is 11.2 Å². The van der Waals surface area contributed by atoms with Crippen molar-refractivity contribution in [3.63, 3.8) is 0 Å². The third-order valence-corrected chi connectivity index (χ3v) is 5.73. The summed E-state index contributed by atoms with van der Waals surface area (Å²) in [6.07, 6.45) is 1.23. The van der Waals surface area contributed by atoms with Gasteiger partial charge in [-0.2, -0.15) is 0 Å². The number of ether oxygens (including phenoxy) is 2. The van der Waals surface area contributed by atoms with Crippen LogP contribution in [0.5, 0.6) is 0 Å². The summed E-state index contributed by atoms with van der Waals surface area (Å²) in [6, 6.07) is 4.70. The van der Waals surface area contributed by atoms with E-state index in [1.807, 2.05) is 0 Å². The number of hydrogen-bond donors (Lipinski definition) is 1. The van der Waals surface area contributed by atoms with Gasteiger partial charge >= 0.3 is 11.8 Å². The van der Waals surface area contributed by atoms with Crippen LogP contribution in [0.1, 0.15) is 30.1 Å². The predicted octanol–water partition coefficient (Wildman–Crippen LogP) is 0.783. The average Bonchev–Trinajstić information content (AvgIpc) is 3.29. The molecule has 166 valence electrons. The molecule has 0 spiro atoms. The van der Waals surface area contributed by atoms with Gasteiger partial charge in [-0.25, -0.2) is 9.59 Å². The number of aromatic nitrogens is 2. The molecule has 0 bridgehead atoms. The average molecular weight is 430 g/mol. The highest BCUT2D eigenvalue weighted by Crippen LogP contribution is 2.15. The van der Waals surface area contributed by atoms with Crippen LogP contribution in [0.2, 0.25) is 0 Å². The number of hydrogen-bond acceptors (Lipinski definition) is 6. The fourth-order valence-corrected chi connectivity index (χ4v) is 4.03. The summed E-state index contributed by atoms with van der Waals surface area (Å²) in [7, 11) is 0. The van der Waals surface area contributed by atoms with Gasteiger partial charge in [0.15, 0.2) is 0 Å². The minimum absolute atomic E-state index is 0.134. The van der Waals surface area contributed by atoms with Crippen molar-refractivity contribution >= 4 is 22.9 Å². The summed E-state index contributed by atoms with van der Waals surface area (Å²) >= 11 is 0. The quantitative estimate of drug-likeness (QED) is 0.767.